The van der Waals surface area contributed by atoms with E-state index in [-0.39, 0.29) is 18.1 Å². The molecule has 1 unspecified atom stereocenters. The molecule has 1 atom stereocenters. The molecule has 0 saturated carbocycles. The molecule has 1 aromatic heterocycles. The Labute approximate surface area is 95.9 Å². The van der Waals surface area contributed by atoms with Crippen LogP contribution in [0.2, 0.25) is 0 Å². The van der Waals surface area contributed by atoms with Crippen LogP contribution in [0.15, 0.2) is 22.7 Å². The molecule has 0 fully saturated rings. The van der Waals surface area contributed by atoms with Crippen molar-refractivity contribution in [1.82, 2.24) is 10.1 Å². The van der Waals surface area contributed by atoms with Gasteiger partial charge in [0.05, 0.1) is 0 Å². The number of hydrogen-bond donors (Lipinski definition) is 1. The fourth-order valence-corrected chi connectivity index (χ4v) is 1.40. The van der Waals surface area contributed by atoms with Crippen LogP contribution in [0.1, 0.15) is 30.3 Å². The van der Waals surface area contributed by atoms with Gasteiger partial charge >= 0.3 is 0 Å². The summed E-state index contributed by atoms with van der Waals surface area (Å²) in [5, 5.41) is 12.8. The van der Waals surface area contributed by atoms with Gasteiger partial charge in [0.15, 0.2) is 5.82 Å². The average molecular weight is 240 g/mol. The highest BCUT2D eigenvalue weighted by Crippen LogP contribution is 2.13. The summed E-state index contributed by atoms with van der Waals surface area (Å²) < 4.78 is 30.6. The molecule has 0 aliphatic rings. The fraction of sp³-hybridized carbons (Fsp3) is 0.273. The number of halogens is 2. The summed E-state index contributed by atoms with van der Waals surface area (Å²) in [6.07, 6.45) is -0.717. The van der Waals surface area contributed by atoms with Crippen molar-refractivity contribution in [3.05, 3.63) is 47.1 Å². The maximum atomic E-state index is 12.9. The second-order valence-electron chi connectivity index (χ2n) is 3.68. The quantitative estimate of drug-likeness (QED) is 0.891. The molecule has 0 radical (unpaired) electrons. The second kappa shape index (κ2) is 4.58. The van der Waals surface area contributed by atoms with Gasteiger partial charge in [-0.15, -0.1) is 0 Å². The van der Waals surface area contributed by atoms with Crippen LogP contribution in [0.5, 0.6) is 0 Å². The molecular formula is C11H10F2N2O2. The van der Waals surface area contributed by atoms with E-state index in [1.807, 2.05) is 0 Å². The summed E-state index contributed by atoms with van der Waals surface area (Å²) in [5.41, 5.74) is 0.403. The highest BCUT2D eigenvalue weighted by molar-refractivity contribution is 5.21. The van der Waals surface area contributed by atoms with Gasteiger partial charge in [-0.05, 0) is 24.6 Å². The summed E-state index contributed by atoms with van der Waals surface area (Å²) in [6, 6.07) is 3.18. The van der Waals surface area contributed by atoms with E-state index >= 15 is 0 Å². The fourth-order valence-electron chi connectivity index (χ4n) is 1.40. The molecule has 0 amide bonds. The molecule has 6 heteroatoms. The lowest BCUT2D eigenvalue weighted by molar-refractivity contribution is 0.151. The van der Waals surface area contributed by atoms with Gasteiger partial charge < -0.3 is 9.63 Å². The van der Waals surface area contributed by atoms with Crippen LogP contribution in [0, 0.1) is 11.6 Å². The topological polar surface area (TPSA) is 59.2 Å². The van der Waals surface area contributed by atoms with Gasteiger partial charge in [-0.1, -0.05) is 5.16 Å². The molecule has 17 heavy (non-hydrogen) atoms. The van der Waals surface area contributed by atoms with Gasteiger partial charge in [0.2, 0.25) is 0 Å². The monoisotopic (exact) mass is 240 g/mol. The third kappa shape index (κ3) is 2.85. The lowest BCUT2D eigenvalue weighted by atomic mass is 10.1. The van der Waals surface area contributed by atoms with Crippen molar-refractivity contribution < 1.29 is 18.4 Å². The average Bonchev–Trinajstić information content (AvgIpc) is 2.64. The van der Waals surface area contributed by atoms with Crippen LogP contribution in [0.25, 0.3) is 0 Å². The molecule has 1 heterocycles. The maximum Gasteiger partial charge on any atom is 0.255 e. The van der Waals surface area contributed by atoms with Gasteiger partial charge in [0, 0.05) is 12.5 Å². The maximum absolute atomic E-state index is 12.9. The summed E-state index contributed by atoms with van der Waals surface area (Å²) in [4.78, 5) is 3.89. The van der Waals surface area contributed by atoms with Crippen LogP contribution < -0.4 is 0 Å². The van der Waals surface area contributed by atoms with Crippen LogP contribution in [-0.4, -0.2) is 15.2 Å². The molecule has 0 aliphatic carbocycles. The number of hydrogen-bond acceptors (Lipinski definition) is 4. The largest absolute Gasteiger partial charge is 0.384 e. The Morgan fingerprint density at radius 1 is 1.29 bits per heavy atom. The number of aliphatic hydroxyl groups excluding tert-OH is 1. The Hall–Kier alpha value is -1.82. The molecular weight excluding hydrogens is 230 g/mol. The Kier molecular flexibility index (Phi) is 3.14. The van der Waals surface area contributed by atoms with Crippen molar-refractivity contribution in [1.29, 1.82) is 0 Å². The second-order valence-corrected chi connectivity index (χ2v) is 3.68. The summed E-state index contributed by atoms with van der Waals surface area (Å²) >= 11 is 0. The third-order valence-electron chi connectivity index (χ3n) is 2.13. The Bertz CT molecular complexity index is 506. The summed E-state index contributed by atoms with van der Waals surface area (Å²) in [6.45, 7) is 1.49. The first-order chi connectivity index (χ1) is 8.04. The third-order valence-corrected chi connectivity index (χ3v) is 2.13. The minimum absolute atomic E-state index is 0.0804. The normalized spacial score (nSPS) is 12.7. The van der Waals surface area contributed by atoms with E-state index in [0.717, 1.165) is 6.07 Å². The van der Waals surface area contributed by atoms with Crippen molar-refractivity contribution >= 4 is 0 Å². The minimum atomic E-state index is -0.861. The molecule has 0 aliphatic heterocycles. The Balaban J connectivity index is 2.19. The molecule has 2 rings (SSSR count). The lowest BCUT2D eigenvalue weighted by Gasteiger charge is -1.98. The highest BCUT2D eigenvalue weighted by Gasteiger charge is 2.12. The minimum Gasteiger partial charge on any atom is -0.384 e. The van der Waals surface area contributed by atoms with E-state index in [1.165, 1.54) is 19.1 Å². The molecule has 0 bridgehead atoms. The number of aliphatic hydroxyl groups is 1. The van der Waals surface area contributed by atoms with Crippen molar-refractivity contribution in [2.45, 2.75) is 19.4 Å². The molecule has 0 saturated heterocycles. The first-order valence-electron chi connectivity index (χ1n) is 5.00. The van der Waals surface area contributed by atoms with Gasteiger partial charge in [-0.3, -0.25) is 0 Å². The molecule has 0 spiro atoms. The highest BCUT2D eigenvalue weighted by atomic mass is 19.1. The number of nitrogens with zero attached hydrogens (tertiary/aromatic N) is 2. The predicted molar refractivity (Wildman–Crippen MR) is 54.1 cm³/mol. The lowest BCUT2D eigenvalue weighted by Crippen LogP contribution is -1.95. The smallest absolute Gasteiger partial charge is 0.255 e. The molecule has 2 aromatic rings. The van der Waals surface area contributed by atoms with E-state index in [2.05, 4.69) is 10.1 Å². The van der Waals surface area contributed by atoms with Crippen LogP contribution in [-0.2, 0) is 6.42 Å². The van der Waals surface area contributed by atoms with Crippen LogP contribution in [0.4, 0.5) is 8.78 Å². The number of aromatic nitrogens is 2. The van der Waals surface area contributed by atoms with Crippen molar-refractivity contribution in [2.75, 3.05) is 0 Å². The van der Waals surface area contributed by atoms with Gasteiger partial charge in [-0.25, -0.2) is 8.78 Å². The van der Waals surface area contributed by atoms with E-state index in [0.29, 0.717) is 5.56 Å². The zero-order chi connectivity index (χ0) is 12.4. The number of rotatable bonds is 3. The van der Waals surface area contributed by atoms with E-state index in [4.69, 9.17) is 4.52 Å². The van der Waals surface area contributed by atoms with Gasteiger partial charge in [-0.2, -0.15) is 4.98 Å². The van der Waals surface area contributed by atoms with Crippen molar-refractivity contribution in [2.24, 2.45) is 0 Å². The SMILES string of the molecule is CC(O)c1nc(Cc2cc(F)cc(F)c2)no1. The predicted octanol–water partition coefficient (Wildman–Crippen LogP) is 1.99. The zero-order valence-electron chi connectivity index (χ0n) is 9.02. The van der Waals surface area contributed by atoms with E-state index < -0.39 is 17.7 Å². The van der Waals surface area contributed by atoms with Crippen LogP contribution >= 0.6 is 0 Å². The van der Waals surface area contributed by atoms with Crippen molar-refractivity contribution in [3.8, 4) is 0 Å². The Morgan fingerprint density at radius 2 is 1.94 bits per heavy atom. The first-order valence-corrected chi connectivity index (χ1v) is 5.00. The first kappa shape index (κ1) is 11.7. The van der Waals surface area contributed by atoms with Crippen molar-refractivity contribution in [3.63, 3.8) is 0 Å². The van der Waals surface area contributed by atoms with E-state index in [1.54, 1.807) is 0 Å². The summed E-state index contributed by atoms with van der Waals surface area (Å²) in [5.74, 6) is -0.957. The number of benzene rings is 1. The molecule has 90 valence electrons. The van der Waals surface area contributed by atoms with Gasteiger partial charge in [0.1, 0.15) is 17.7 Å². The molecule has 1 aromatic carbocycles. The van der Waals surface area contributed by atoms with Gasteiger partial charge in [0.25, 0.3) is 5.89 Å². The molecule has 1 N–H and O–H groups in total. The standard InChI is InChI=1S/C11H10F2N2O2/c1-6(16)11-14-10(15-17-11)4-7-2-8(12)5-9(13)3-7/h2-3,5-6,16H,4H2,1H3. The Morgan fingerprint density at radius 3 is 2.47 bits per heavy atom. The van der Waals surface area contributed by atoms with E-state index in [9.17, 15) is 13.9 Å². The van der Waals surface area contributed by atoms with Crippen LogP contribution in [0.3, 0.4) is 0 Å². The molecule has 4 nitrogen and oxygen atoms in total. The summed E-state index contributed by atoms with van der Waals surface area (Å²) in [7, 11) is 0. The zero-order valence-corrected chi connectivity index (χ0v) is 9.02.